The van der Waals surface area contributed by atoms with Crippen molar-refractivity contribution >= 4 is 11.6 Å². The summed E-state index contributed by atoms with van der Waals surface area (Å²) in [6.07, 6.45) is 2.85. The standard InChI is InChI=1S/C13H16ClNO2/c1-2-13(15(16)17)8-7-11(9-13)10-3-5-12(14)6-4-10/h3-6,11H,2,7-9H2,1H3. The molecule has 1 aliphatic carbocycles. The van der Waals surface area contributed by atoms with Crippen LogP contribution in [-0.2, 0) is 0 Å². The van der Waals surface area contributed by atoms with Crippen LogP contribution in [-0.4, -0.2) is 10.5 Å². The van der Waals surface area contributed by atoms with E-state index >= 15 is 0 Å². The number of hydrogen-bond acceptors (Lipinski definition) is 2. The normalized spacial score (nSPS) is 28.2. The van der Waals surface area contributed by atoms with Crippen LogP contribution in [0.1, 0.15) is 44.1 Å². The first-order valence-corrected chi connectivity index (χ1v) is 6.35. The van der Waals surface area contributed by atoms with E-state index in [4.69, 9.17) is 11.6 Å². The van der Waals surface area contributed by atoms with E-state index in [-0.39, 0.29) is 4.92 Å². The number of rotatable bonds is 3. The summed E-state index contributed by atoms with van der Waals surface area (Å²) in [5, 5.41) is 11.9. The van der Waals surface area contributed by atoms with E-state index in [9.17, 15) is 10.1 Å². The topological polar surface area (TPSA) is 43.1 Å². The lowest BCUT2D eigenvalue weighted by Crippen LogP contribution is -2.34. The zero-order chi connectivity index (χ0) is 12.5. The van der Waals surface area contributed by atoms with Crippen LogP contribution in [0.4, 0.5) is 0 Å². The van der Waals surface area contributed by atoms with Crippen molar-refractivity contribution in [1.29, 1.82) is 0 Å². The van der Waals surface area contributed by atoms with Crippen molar-refractivity contribution < 1.29 is 4.92 Å². The molecule has 1 saturated carbocycles. The van der Waals surface area contributed by atoms with Crippen LogP contribution in [0.25, 0.3) is 0 Å². The largest absolute Gasteiger partial charge is 0.264 e. The molecular weight excluding hydrogens is 238 g/mol. The van der Waals surface area contributed by atoms with Crippen LogP contribution in [0, 0.1) is 10.1 Å². The summed E-state index contributed by atoms with van der Waals surface area (Å²) in [6, 6.07) is 7.68. The lowest BCUT2D eigenvalue weighted by Gasteiger charge is -2.18. The molecule has 3 nitrogen and oxygen atoms in total. The fraction of sp³-hybridized carbons (Fsp3) is 0.538. The predicted molar refractivity (Wildman–Crippen MR) is 68.1 cm³/mol. The molecule has 17 heavy (non-hydrogen) atoms. The molecule has 2 unspecified atom stereocenters. The molecule has 1 aromatic rings. The summed E-state index contributed by atoms with van der Waals surface area (Å²) in [4.78, 5) is 11.1. The van der Waals surface area contributed by atoms with Gasteiger partial charge in [0.2, 0.25) is 5.54 Å². The lowest BCUT2D eigenvalue weighted by atomic mass is 9.91. The minimum atomic E-state index is -0.704. The second kappa shape index (κ2) is 4.65. The maximum absolute atomic E-state index is 11.2. The zero-order valence-electron chi connectivity index (χ0n) is 9.86. The van der Waals surface area contributed by atoms with Crippen LogP contribution >= 0.6 is 11.6 Å². The molecule has 0 heterocycles. The summed E-state index contributed by atoms with van der Waals surface area (Å²) in [5.74, 6) is 0.303. The monoisotopic (exact) mass is 253 g/mol. The molecule has 92 valence electrons. The Balaban J connectivity index is 2.17. The first kappa shape index (κ1) is 12.4. The van der Waals surface area contributed by atoms with Gasteiger partial charge >= 0.3 is 0 Å². The van der Waals surface area contributed by atoms with Gasteiger partial charge in [0, 0.05) is 29.2 Å². The number of nitro groups is 1. The summed E-state index contributed by atoms with van der Waals surface area (Å²) < 4.78 is 0. The van der Waals surface area contributed by atoms with Crippen LogP contribution in [0.15, 0.2) is 24.3 Å². The van der Waals surface area contributed by atoms with Crippen molar-refractivity contribution in [3.8, 4) is 0 Å². The van der Waals surface area contributed by atoms with Crippen molar-refractivity contribution in [2.75, 3.05) is 0 Å². The molecule has 4 heteroatoms. The van der Waals surface area contributed by atoms with Gasteiger partial charge in [-0.05, 0) is 30.0 Å². The average molecular weight is 254 g/mol. The zero-order valence-corrected chi connectivity index (χ0v) is 10.6. The second-order valence-electron chi connectivity index (χ2n) is 4.83. The fourth-order valence-electron chi connectivity index (χ4n) is 2.74. The number of nitrogens with zero attached hydrogens (tertiary/aromatic N) is 1. The Morgan fingerprint density at radius 2 is 2.12 bits per heavy atom. The van der Waals surface area contributed by atoms with Gasteiger partial charge in [0.25, 0.3) is 0 Å². The molecule has 0 saturated heterocycles. The van der Waals surface area contributed by atoms with Crippen molar-refractivity contribution in [1.82, 2.24) is 0 Å². The Kier molecular flexibility index (Phi) is 3.38. The van der Waals surface area contributed by atoms with Gasteiger partial charge in [0.05, 0.1) is 0 Å². The van der Waals surface area contributed by atoms with Gasteiger partial charge in [0.15, 0.2) is 0 Å². The Labute approximate surface area is 106 Å². The minimum absolute atomic E-state index is 0.0804. The maximum atomic E-state index is 11.2. The first-order chi connectivity index (χ1) is 8.07. The molecule has 1 aromatic carbocycles. The quantitative estimate of drug-likeness (QED) is 0.603. The van der Waals surface area contributed by atoms with Gasteiger partial charge < -0.3 is 0 Å². The minimum Gasteiger partial charge on any atom is -0.264 e. The average Bonchev–Trinajstić information content (AvgIpc) is 2.75. The van der Waals surface area contributed by atoms with Crippen LogP contribution < -0.4 is 0 Å². The second-order valence-corrected chi connectivity index (χ2v) is 5.26. The Hall–Kier alpha value is -1.09. The van der Waals surface area contributed by atoms with Crippen molar-refractivity contribution in [2.45, 2.75) is 44.1 Å². The molecule has 2 rings (SSSR count). The van der Waals surface area contributed by atoms with Crippen LogP contribution in [0.5, 0.6) is 0 Å². The molecule has 0 radical (unpaired) electrons. The molecule has 1 aliphatic rings. The van der Waals surface area contributed by atoms with Crippen molar-refractivity contribution in [2.24, 2.45) is 0 Å². The van der Waals surface area contributed by atoms with E-state index in [1.54, 1.807) is 0 Å². The highest BCUT2D eigenvalue weighted by Crippen LogP contribution is 2.44. The molecule has 0 aromatic heterocycles. The van der Waals surface area contributed by atoms with Gasteiger partial charge in [-0.1, -0.05) is 30.7 Å². The summed E-state index contributed by atoms with van der Waals surface area (Å²) in [5.41, 5.74) is 0.469. The molecule has 0 N–H and O–H groups in total. The third-order valence-electron chi connectivity index (χ3n) is 3.97. The van der Waals surface area contributed by atoms with Crippen LogP contribution in [0.2, 0.25) is 5.02 Å². The van der Waals surface area contributed by atoms with E-state index in [1.165, 1.54) is 5.56 Å². The first-order valence-electron chi connectivity index (χ1n) is 5.97. The molecule has 0 spiro atoms. The Bertz CT molecular complexity index is 418. The number of halogens is 1. The van der Waals surface area contributed by atoms with E-state index in [0.717, 1.165) is 6.42 Å². The Morgan fingerprint density at radius 3 is 2.59 bits per heavy atom. The van der Waals surface area contributed by atoms with E-state index in [2.05, 4.69) is 0 Å². The molecule has 0 aliphatic heterocycles. The van der Waals surface area contributed by atoms with Gasteiger partial charge in [-0.2, -0.15) is 0 Å². The molecular formula is C13H16ClNO2. The van der Waals surface area contributed by atoms with Gasteiger partial charge in [-0.3, -0.25) is 10.1 Å². The SMILES string of the molecule is CCC1([N+](=O)[O-])CCC(c2ccc(Cl)cc2)C1. The maximum Gasteiger partial charge on any atom is 0.222 e. The van der Waals surface area contributed by atoms with Gasteiger partial charge in [-0.25, -0.2) is 0 Å². The van der Waals surface area contributed by atoms with Crippen LogP contribution in [0.3, 0.4) is 0 Å². The lowest BCUT2D eigenvalue weighted by molar-refractivity contribution is -0.569. The van der Waals surface area contributed by atoms with Crippen molar-refractivity contribution in [3.63, 3.8) is 0 Å². The highest BCUT2D eigenvalue weighted by atomic mass is 35.5. The molecule has 0 bridgehead atoms. The highest BCUT2D eigenvalue weighted by molar-refractivity contribution is 6.30. The number of benzene rings is 1. The summed E-state index contributed by atoms with van der Waals surface area (Å²) >= 11 is 5.84. The smallest absolute Gasteiger partial charge is 0.222 e. The molecule has 1 fully saturated rings. The molecule has 2 atom stereocenters. The fourth-order valence-corrected chi connectivity index (χ4v) is 2.87. The predicted octanol–water partition coefficient (Wildman–Crippen LogP) is 4.03. The van der Waals surface area contributed by atoms with Gasteiger partial charge in [-0.15, -0.1) is 0 Å². The van der Waals surface area contributed by atoms with E-state index < -0.39 is 5.54 Å². The summed E-state index contributed by atoms with van der Waals surface area (Å²) in [7, 11) is 0. The summed E-state index contributed by atoms with van der Waals surface area (Å²) in [6.45, 7) is 1.91. The third kappa shape index (κ3) is 2.29. The Morgan fingerprint density at radius 1 is 1.47 bits per heavy atom. The van der Waals surface area contributed by atoms with E-state index in [0.29, 0.717) is 30.2 Å². The van der Waals surface area contributed by atoms with E-state index in [1.807, 2.05) is 31.2 Å². The molecule has 0 amide bonds. The van der Waals surface area contributed by atoms with Crippen molar-refractivity contribution in [3.05, 3.63) is 45.0 Å². The third-order valence-corrected chi connectivity index (χ3v) is 4.22. The van der Waals surface area contributed by atoms with Gasteiger partial charge in [0.1, 0.15) is 0 Å². The number of hydrogen-bond donors (Lipinski definition) is 0. The highest BCUT2D eigenvalue weighted by Gasteiger charge is 2.48.